The molecule has 1 aromatic carbocycles. The number of morpholine rings is 1. The van der Waals surface area contributed by atoms with E-state index in [1.165, 1.54) is 8.61 Å². The van der Waals surface area contributed by atoms with Gasteiger partial charge in [-0.05, 0) is 43.9 Å². The summed E-state index contributed by atoms with van der Waals surface area (Å²) in [5.74, 6) is -0.444. The molecule has 0 spiro atoms. The van der Waals surface area contributed by atoms with E-state index in [9.17, 15) is 13.2 Å². The maximum Gasteiger partial charge on any atom is 0.282 e. The lowest BCUT2D eigenvalue weighted by atomic mass is 9.98. The highest BCUT2D eigenvalue weighted by atomic mass is 32.2. The minimum absolute atomic E-state index is 0.111. The molecule has 2 fully saturated rings. The highest BCUT2D eigenvalue weighted by Gasteiger charge is 2.36. The quantitative estimate of drug-likeness (QED) is 0.858. The van der Waals surface area contributed by atoms with Crippen LogP contribution in [0.25, 0.3) is 0 Å². The first-order valence-electron chi connectivity index (χ1n) is 9.09. The number of ether oxygens (including phenoxy) is 1. The molecule has 2 heterocycles. The first-order valence-corrected chi connectivity index (χ1v) is 10.5. The summed E-state index contributed by atoms with van der Waals surface area (Å²) in [5, 5.41) is 2.98. The number of anilines is 1. The van der Waals surface area contributed by atoms with Gasteiger partial charge in [-0.3, -0.25) is 4.79 Å². The molecule has 144 valence electrons. The van der Waals surface area contributed by atoms with Gasteiger partial charge in [0.25, 0.3) is 10.2 Å². The lowest BCUT2D eigenvalue weighted by molar-refractivity contribution is -0.120. The Morgan fingerprint density at radius 1 is 1.15 bits per heavy atom. The molecule has 2 aliphatic heterocycles. The molecule has 0 bridgehead atoms. The fourth-order valence-corrected chi connectivity index (χ4v) is 5.08. The number of nitrogens with one attached hydrogen (secondary N) is 1. The lowest BCUT2D eigenvalue weighted by Crippen LogP contribution is -2.52. The second-order valence-electron chi connectivity index (χ2n) is 7.02. The standard InChI is InChI=1S/C18H27N3O4S/c1-14-5-6-15(2)17(12-14)19-18(22)16-4-3-7-21(13-16)26(23,24)20-8-10-25-11-9-20/h5-6,12,16H,3-4,7-11,13H2,1-2H3,(H,19,22). The molecule has 0 radical (unpaired) electrons. The molecule has 0 saturated carbocycles. The highest BCUT2D eigenvalue weighted by molar-refractivity contribution is 7.86. The molecule has 1 N–H and O–H groups in total. The second-order valence-corrected chi connectivity index (χ2v) is 8.95. The molecule has 0 aromatic heterocycles. The smallest absolute Gasteiger partial charge is 0.282 e. The number of piperidine rings is 1. The van der Waals surface area contributed by atoms with Gasteiger partial charge in [0.05, 0.1) is 19.1 Å². The van der Waals surface area contributed by atoms with E-state index in [0.717, 1.165) is 16.8 Å². The zero-order chi connectivity index (χ0) is 18.7. The van der Waals surface area contributed by atoms with Gasteiger partial charge >= 0.3 is 0 Å². The van der Waals surface area contributed by atoms with E-state index in [4.69, 9.17) is 4.74 Å². The summed E-state index contributed by atoms with van der Waals surface area (Å²) >= 11 is 0. The van der Waals surface area contributed by atoms with Crippen LogP contribution in [0.1, 0.15) is 24.0 Å². The minimum Gasteiger partial charge on any atom is -0.379 e. The Hall–Kier alpha value is -1.48. The van der Waals surface area contributed by atoms with Crippen LogP contribution in [-0.2, 0) is 19.7 Å². The third-order valence-corrected chi connectivity index (χ3v) is 7.03. The number of rotatable bonds is 4. The van der Waals surface area contributed by atoms with Crippen molar-refractivity contribution >= 4 is 21.8 Å². The van der Waals surface area contributed by atoms with Gasteiger partial charge in [0.2, 0.25) is 5.91 Å². The third-order valence-electron chi connectivity index (χ3n) is 5.03. The number of amides is 1. The van der Waals surface area contributed by atoms with Crippen LogP contribution in [0.2, 0.25) is 0 Å². The van der Waals surface area contributed by atoms with E-state index >= 15 is 0 Å². The molecule has 2 aliphatic rings. The molecule has 1 unspecified atom stereocenters. The van der Waals surface area contributed by atoms with Crippen molar-refractivity contribution in [3.05, 3.63) is 29.3 Å². The summed E-state index contributed by atoms with van der Waals surface area (Å²) in [6, 6.07) is 5.92. The van der Waals surface area contributed by atoms with Crippen LogP contribution >= 0.6 is 0 Å². The summed E-state index contributed by atoms with van der Waals surface area (Å²) in [6.45, 7) is 6.21. The zero-order valence-electron chi connectivity index (χ0n) is 15.4. The van der Waals surface area contributed by atoms with Crippen LogP contribution in [0, 0.1) is 19.8 Å². The van der Waals surface area contributed by atoms with Crippen molar-refractivity contribution < 1.29 is 17.9 Å². The number of carbonyl (C=O) groups is 1. The van der Waals surface area contributed by atoms with Crippen molar-refractivity contribution in [2.75, 3.05) is 44.7 Å². The van der Waals surface area contributed by atoms with Crippen LogP contribution in [0.15, 0.2) is 18.2 Å². The van der Waals surface area contributed by atoms with Gasteiger partial charge in [0.15, 0.2) is 0 Å². The molecule has 3 rings (SSSR count). The Balaban J connectivity index is 1.67. The zero-order valence-corrected chi connectivity index (χ0v) is 16.2. The van der Waals surface area contributed by atoms with Gasteiger partial charge in [-0.25, -0.2) is 0 Å². The van der Waals surface area contributed by atoms with E-state index < -0.39 is 10.2 Å². The van der Waals surface area contributed by atoms with Gasteiger partial charge < -0.3 is 10.1 Å². The van der Waals surface area contributed by atoms with Crippen LogP contribution in [0.5, 0.6) is 0 Å². The molecule has 7 nitrogen and oxygen atoms in total. The maximum absolute atomic E-state index is 12.8. The Kier molecular flexibility index (Phi) is 5.96. The Morgan fingerprint density at radius 3 is 2.62 bits per heavy atom. The molecular weight excluding hydrogens is 354 g/mol. The normalized spacial score (nSPS) is 22.9. The number of nitrogens with zero attached hydrogens (tertiary/aromatic N) is 2. The molecule has 1 aromatic rings. The van der Waals surface area contributed by atoms with Crippen LogP contribution in [-0.4, -0.2) is 62.3 Å². The number of benzene rings is 1. The molecule has 0 aliphatic carbocycles. The van der Waals surface area contributed by atoms with E-state index in [2.05, 4.69) is 5.32 Å². The Bertz CT molecular complexity index is 760. The van der Waals surface area contributed by atoms with Crippen LogP contribution in [0.4, 0.5) is 5.69 Å². The third kappa shape index (κ3) is 4.25. The van der Waals surface area contributed by atoms with E-state index in [-0.39, 0.29) is 18.4 Å². The fourth-order valence-electron chi connectivity index (χ4n) is 3.41. The van der Waals surface area contributed by atoms with Gasteiger partial charge in [-0.15, -0.1) is 0 Å². The largest absolute Gasteiger partial charge is 0.379 e. The number of hydrogen-bond donors (Lipinski definition) is 1. The van der Waals surface area contributed by atoms with E-state index in [1.54, 1.807) is 0 Å². The maximum atomic E-state index is 12.8. The van der Waals surface area contributed by atoms with Crippen molar-refractivity contribution in [2.24, 2.45) is 5.92 Å². The average molecular weight is 381 g/mol. The molecule has 1 atom stereocenters. The Morgan fingerprint density at radius 2 is 1.88 bits per heavy atom. The predicted molar refractivity (Wildman–Crippen MR) is 100 cm³/mol. The summed E-state index contributed by atoms with van der Waals surface area (Å²) in [6.07, 6.45) is 1.39. The fraction of sp³-hybridized carbons (Fsp3) is 0.611. The van der Waals surface area contributed by atoms with Crippen molar-refractivity contribution in [3.8, 4) is 0 Å². The molecule has 1 amide bonds. The lowest BCUT2D eigenvalue weighted by Gasteiger charge is -2.36. The summed E-state index contributed by atoms with van der Waals surface area (Å²) in [7, 11) is -3.53. The SMILES string of the molecule is Cc1ccc(C)c(NC(=O)C2CCCN(S(=O)(=O)N3CCOCC3)C2)c1. The van der Waals surface area contributed by atoms with Crippen molar-refractivity contribution in [2.45, 2.75) is 26.7 Å². The van der Waals surface area contributed by atoms with Gasteiger partial charge in [0.1, 0.15) is 0 Å². The molecular formula is C18H27N3O4S. The number of aryl methyl sites for hydroxylation is 2. The Labute approximate surface area is 155 Å². The second kappa shape index (κ2) is 8.04. The van der Waals surface area contributed by atoms with Crippen molar-refractivity contribution in [1.82, 2.24) is 8.61 Å². The monoisotopic (exact) mass is 381 g/mol. The van der Waals surface area contributed by atoms with Crippen LogP contribution < -0.4 is 5.32 Å². The first-order chi connectivity index (χ1) is 12.4. The molecule has 2 saturated heterocycles. The summed E-state index contributed by atoms with van der Waals surface area (Å²) < 4.78 is 33.8. The topological polar surface area (TPSA) is 79.0 Å². The minimum atomic E-state index is -3.53. The number of carbonyl (C=O) groups excluding carboxylic acids is 1. The van der Waals surface area contributed by atoms with Crippen LogP contribution in [0.3, 0.4) is 0 Å². The summed E-state index contributed by atoms with van der Waals surface area (Å²) in [4.78, 5) is 12.7. The van der Waals surface area contributed by atoms with Gasteiger partial charge in [-0.2, -0.15) is 17.0 Å². The van der Waals surface area contributed by atoms with E-state index in [1.807, 2.05) is 32.0 Å². The summed E-state index contributed by atoms with van der Waals surface area (Å²) in [5.41, 5.74) is 2.87. The molecule has 8 heteroatoms. The number of hydrogen-bond acceptors (Lipinski definition) is 4. The van der Waals surface area contributed by atoms with Crippen molar-refractivity contribution in [1.29, 1.82) is 0 Å². The van der Waals surface area contributed by atoms with E-state index in [0.29, 0.717) is 45.7 Å². The molecule has 26 heavy (non-hydrogen) atoms. The average Bonchev–Trinajstić information content (AvgIpc) is 2.65. The van der Waals surface area contributed by atoms with Gasteiger partial charge in [-0.1, -0.05) is 12.1 Å². The van der Waals surface area contributed by atoms with Gasteiger partial charge in [0, 0.05) is 31.9 Å². The highest BCUT2D eigenvalue weighted by Crippen LogP contribution is 2.24. The first kappa shape index (κ1) is 19.3. The predicted octanol–water partition coefficient (Wildman–Crippen LogP) is 1.53. The van der Waals surface area contributed by atoms with Crippen molar-refractivity contribution in [3.63, 3.8) is 0 Å².